The third kappa shape index (κ3) is 5.47. The van der Waals surface area contributed by atoms with Gasteiger partial charge in [0.25, 0.3) is 0 Å². The molecule has 8 heteroatoms. The van der Waals surface area contributed by atoms with E-state index in [9.17, 15) is 19.5 Å². The van der Waals surface area contributed by atoms with Crippen molar-refractivity contribution in [1.29, 1.82) is 0 Å². The molecule has 0 bridgehead atoms. The molecular weight excluding hydrogens is 300 g/mol. The van der Waals surface area contributed by atoms with Gasteiger partial charge in [0, 0.05) is 26.1 Å². The first-order chi connectivity index (χ1) is 10.8. The Morgan fingerprint density at radius 3 is 2.52 bits per heavy atom. The van der Waals surface area contributed by atoms with Gasteiger partial charge in [-0.2, -0.15) is 0 Å². The van der Waals surface area contributed by atoms with Crippen LogP contribution in [0.4, 0.5) is 0 Å². The van der Waals surface area contributed by atoms with Gasteiger partial charge in [-0.15, -0.1) is 0 Å². The summed E-state index contributed by atoms with van der Waals surface area (Å²) in [5.41, 5.74) is 2.10. The molecule has 0 aliphatic carbocycles. The van der Waals surface area contributed by atoms with Gasteiger partial charge in [0.15, 0.2) is 0 Å². The molecule has 1 saturated heterocycles. The van der Waals surface area contributed by atoms with Crippen molar-refractivity contribution in [3.05, 3.63) is 0 Å². The van der Waals surface area contributed by atoms with E-state index in [4.69, 9.17) is 5.84 Å². The molecule has 8 nitrogen and oxygen atoms in total. The predicted octanol–water partition coefficient (Wildman–Crippen LogP) is -0.308. The lowest BCUT2D eigenvalue weighted by atomic mass is 9.95. The van der Waals surface area contributed by atoms with Gasteiger partial charge in [-0.1, -0.05) is 13.3 Å². The molecule has 1 aliphatic rings. The molecule has 23 heavy (non-hydrogen) atoms. The second kappa shape index (κ2) is 8.83. The Hall–Kier alpha value is -1.67. The van der Waals surface area contributed by atoms with Crippen molar-refractivity contribution in [2.24, 2.45) is 17.7 Å². The molecule has 0 saturated carbocycles. The maximum absolute atomic E-state index is 11.7. The van der Waals surface area contributed by atoms with E-state index >= 15 is 0 Å². The van der Waals surface area contributed by atoms with Crippen molar-refractivity contribution in [2.75, 3.05) is 13.1 Å². The Balaban J connectivity index is 2.80. The first kappa shape index (κ1) is 19.4. The predicted molar refractivity (Wildman–Crippen MR) is 85.1 cm³/mol. The minimum absolute atomic E-state index is 0.0516. The average molecular weight is 328 g/mol. The smallest absolute Gasteiger partial charge is 0.320 e. The number of nitrogens with two attached hydrogens (primary N) is 1. The van der Waals surface area contributed by atoms with Gasteiger partial charge in [0.05, 0.1) is 5.92 Å². The minimum Gasteiger partial charge on any atom is -0.480 e. The molecule has 4 unspecified atom stereocenters. The molecule has 1 fully saturated rings. The van der Waals surface area contributed by atoms with Crippen molar-refractivity contribution in [2.45, 2.75) is 52.1 Å². The summed E-state index contributed by atoms with van der Waals surface area (Å²) in [4.78, 5) is 36.3. The molecule has 1 rings (SSSR count). The zero-order valence-corrected chi connectivity index (χ0v) is 14.0. The molecule has 5 N–H and O–H groups in total. The van der Waals surface area contributed by atoms with E-state index in [1.165, 1.54) is 6.92 Å². The second-order valence-corrected chi connectivity index (χ2v) is 6.29. The molecule has 132 valence electrons. The zero-order valence-electron chi connectivity index (χ0n) is 14.0. The highest BCUT2D eigenvalue weighted by atomic mass is 16.4. The number of amides is 2. The molecular formula is C15H28N4O4. The van der Waals surface area contributed by atoms with Gasteiger partial charge < -0.3 is 10.4 Å². The number of aliphatic carboxylic acids is 1. The van der Waals surface area contributed by atoms with E-state index in [1.54, 1.807) is 0 Å². The maximum Gasteiger partial charge on any atom is 0.320 e. The van der Waals surface area contributed by atoms with Gasteiger partial charge >= 0.3 is 5.97 Å². The molecule has 0 aromatic heterocycles. The monoisotopic (exact) mass is 328 g/mol. The number of carboxylic acids is 1. The Bertz CT molecular complexity index is 443. The SMILES string of the molecule is CCCC(CN1CC(C(=O)NN)CC1C(=O)O)C(C)NC(C)=O. The van der Waals surface area contributed by atoms with E-state index in [0.717, 1.165) is 12.8 Å². The van der Waals surface area contributed by atoms with Crippen LogP contribution in [0.2, 0.25) is 0 Å². The van der Waals surface area contributed by atoms with Gasteiger partial charge in [-0.25, -0.2) is 5.84 Å². The standard InChI is InChI=1S/C15H28N4O4/c1-4-5-11(9(2)17-10(3)20)7-19-8-12(14(21)18-16)6-13(19)15(22)23/h9,11-13H,4-8,16H2,1-3H3,(H,17,20)(H,18,21)(H,22,23). The minimum atomic E-state index is -0.931. The number of carbonyl (C=O) groups is 3. The van der Waals surface area contributed by atoms with E-state index in [1.807, 2.05) is 11.8 Å². The van der Waals surface area contributed by atoms with Crippen LogP contribution in [0.3, 0.4) is 0 Å². The van der Waals surface area contributed by atoms with Crippen LogP contribution in [-0.2, 0) is 14.4 Å². The number of hydrogen-bond acceptors (Lipinski definition) is 5. The number of hydrogen-bond donors (Lipinski definition) is 4. The first-order valence-electron chi connectivity index (χ1n) is 8.04. The third-order valence-electron chi connectivity index (χ3n) is 4.47. The van der Waals surface area contributed by atoms with Crippen molar-refractivity contribution >= 4 is 17.8 Å². The number of carbonyl (C=O) groups excluding carboxylic acids is 2. The van der Waals surface area contributed by atoms with E-state index < -0.39 is 17.9 Å². The van der Waals surface area contributed by atoms with Crippen LogP contribution >= 0.6 is 0 Å². The fourth-order valence-electron chi connectivity index (χ4n) is 3.28. The summed E-state index contributed by atoms with van der Waals surface area (Å²) >= 11 is 0. The Labute approximate surface area is 136 Å². The summed E-state index contributed by atoms with van der Waals surface area (Å²) in [5.74, 6) is 3.51. The Kier molecular flexibility index (Phi) is 7.44. The highest BCUT2D eigenvalue weighted by Crippen LogP contribution is 2.26. The average Bonchev–Trinajstić information content (AvgIpc) is 2.89. The summed E-state index contributed by atoms with van der Waals surface area (Å²) < 4.78 is 0. The number of nitrogens with one attached hydrogen (secondary N) is 2. The lowest BCUT2D eigenvalue weighted by molar-refractivity contribution is -0.142. The van der Waals surface area contributed by atoms with E-state index in [-0.39, 0.29) is 30.2 Å². The fraction of sp³-hybridized carbons (Fsp3) is 0.800. The number of nitrogens with zero attached hydrogens (tertiary/aromatic N) is 1. The summed E-state index contributed by atoms with van der Waals surface area (Å²) in [6.45, 7) is 6.35. The third-order valence-corrected chi connectivity index (χ3v) is 4.47. The molecule has 0 aromatic carbocycles. The molecule has 0 radical (unpaired) electrons. The lowest BCUT2D eigenvalue weighted by Gasteiger charge is -2.30. The fourth-order valence-corrected chi connectivity index (χ4v) is 3.28. The quantitative estimate of drug-likeness (QED) is 0.275. The maximum atomic E-state index is 11.7. The molecule has 1 heterocycles. The van der Waals surface area contributed by atoms with Gasteiger partial charge in [-0.05, 0) is 25.7 Å². The zero-order chi connectivity index (χ0) is 17.6. The molecule has 2 amide bonds. The topological polar surface area (TPSA) is 125 Å². The van der Waals surface area contributed by atoms with E-state index in [0.29, 0.717) is 13.1 Å². The van der Waals surface area contributed by atoms with E-state index in [2.05, 4.69) is 17.7 Å². The van der Waals surface area contributed by atoms with Gasteiger partial charge in [0.2, 0.25) is 11.8 Å². The van der Waals surface area contributed by atoms with Crippen LogP contribution < -0.4 is 16.6 Å². The van der Waals surface area contributed by atoms with Crippen LogP contribution in [0.1, 0.15) is 40.0 Å². The lowest BCUT2D eigenvalue weighted by Crippen LogP contribution is -2.45. The van der Waals surface area contributed by atoms with Gasteiger partial charge in [0.1, 0.15) is 6.04 Å². The van der Waals surface area contributed by atoms with Crippen LogP contribution in [0.15, 0.2) is 0 Å². The number of hydrazine groups is 1. The summed E-state index contributed by atoms with van der Waals surface area (Å²) in [5, 5.41) is 12.3. The number of rotatable bonds is 8. The molecule has 0 spiro atoms. The summed E-state index contributed by atoms with van der Waals surface area (Å²) in [6, 6.07) is -0.745. The molecule has 4 atom stereocenters. The normalized spacial score (nSPS) is 24.0. The van der Waals surface area contributed by atoms with Gasteiger partial charge in [-0.3, -0.25) is 24.7 Å². The largest absolute Gasteiger partial charge is 0.480 e. The first-order valence-corrected chi connectivity index (χ1v) is 8.04. The number of likely N-dealkylation sites (tertiary alicyclic amines) is 1. The Morgan fingerprint density at radius 2 is 2.04 bits per heavy atom. The second-order valence-electron chi connectivity index (χ2n) is 6.29. The summed E-state index contributed by atoms with van der Waals surface area (Å²) in [7, 11) is 0. The van der Waals surface area contributed by atoms with Crippen LogP contribution in [-0.4, -0.2) is 53.0 Å². The molecule has 1 aliphatic heterocycles. The van der Waals surface area contributed by atoms with Crippen molar-refractivity contribution in [1.82, 2.24) is 15.6 Å². The Morgan fingerprint density at radius 1 is 1.39 bits per heavy atom. The highest BCUT2D eigenvalue weighted by molar-refractivity contribution is 5.81. The van der Waals surface area contributed by atoms with Crippen molar-refractivity contribution < 1.29 is 19.5 Å². The number of carboxylic acid groups (broad SMARTS) is 1. The van der Waals surface area contributed by atoms with Crippen LogP contribution in [0.25, 0.3) is 0 Å². The summed E-state index contributed by atoms with van der Waals surface area (Å²) in [6.07, 6.45) is 2.07. The van der Waals surface area contributed by atoms with Crippen LogP contribution in [0, 0.1) is 11.8 Å². The molecule has 0 aromatic rings. The van der Waals surface area contributed by atoms with Crippen LogP contribution in [0.5, 0.6) is 0 Å². The van der Waals surface area contributed by atoms with Crippen molar-refractivity contribution in [3.63, 3.8) is 0 Å². The highest BCUT2D eigenvalue weighted by Gasteiger charge is 2.41. The van der Waals surface area contributed by atoms with Crippen molar-refractivity contribution in [3.8, 4) is 0 Å².